The van der Waals surface area contributed by atoms with E-state index in [1.54, 1.807) is 24.8 Å². The molecule has 0 atom stereocenters. The fraction of sp³-hybridized carbons (Fsp3) is 0.200. The summed E-state index contributed by atoms with van der Waals surface area (Å²) in [4.78, 5) is 12.3. The Morgan fingerprint density at radius 3 is 2.64 bits per heavy atom. The number of nitrogens with one attached hydrogen (secondary N) is 1. The van der Waals surface area contributed by atoms with Crippen LogP contribution in [0.5, 0.6) is 5.75 Å². The van der Waals surface area contributed by atoms with E-state index in [2.05, 4.69) is 10.4 Å². The third-order valence-electron chi connectivity index (χ3n) is 4.01. The van der Waals surface area contributed by atoms with Crippen molar-refractivity contribution in [2.45, 2.75) is 13.5 Å². The van der Waals surface area contributed by atoms with Gasteiger partial charge in [0.05, 0.1) is 32.1 Å². The Morgan fingerprint density at radius 2 is 2.00 bits per heavy atom. The Morgan fingerprint density at radius 1 is 1.25 bits per heavy atom. The molecule has 1 heterocycles. The van der Waals surface area contributed by atoms with Crippen LogP contribution in [0.3, 0.4) is 0 Å². The van der Waals surface area contributed by atoms with Crippen molar-refractivity contribution in [2.24, 2.45) is 0 Å². The van der Waals surface area contributed by atoms with E-state index >= 15 is 0 Å². The molecular weight excluding hydrogens is 385 g/mol. The molecule has 2 aromatic carbocycles. The first-order chi connectivity index (χ1) is 13.5. The number of hydrogen-bond acceptors (Lipinski definition) is 5. The van der Waals surface area contributed by atoms with Crippen LogP contribution in [0.25, 0.3) is 0 Å². The summed E-state index contributed by atoms with van der Waals surface area (Å²) in [6.07, 6.45) is 1.40. The van der Waals surface area contributed by atoms with E-state index in [4.69, 9.17) is 21.1 Å². The van der Waals surface area contributed by atoms with Gasteiger partial charge < -0.3 is 14.8 Å². The SMILES string of the molecule is CCOC(=O)c1cnn(Cc2ccc(OC)cc2)c1Nc1ccc(Cl)cc1F. The van der Waals surface area contributed by atoms with Crippen molar-refractivity contribution in [2.75, 3.05) is 19.0 Å². The molecule has 0 spiro atoms. The minimum absolute atomic E-state index is 0.173. The first-order valence-electron chi connectivity index (χ1n) is 8.59. The first-order valence-corrected chi connectivity index (χ1v) is 8.97. The molecule has 0 saturated carbocycles. The lowest BCUT2D eigenvalue weighted by atomic mass is 10.2. The maximum atomic E-state index is 14.3. The van der Waals surface area contributed by atoms with Crippen LogP contribution in [-0.2, 0) is 11.3 Å². The Bertz CT molecular complexity index is 973. The van der Waals surface area contributed by atoms with Gasteiger partial charge in [-0.15, -0.1) is 0 Å². The van der Waals surface area contributed by atoms with Gasteiger partial charge in [0.25, 0.3) is 0 Å². The van der Waals surface area contributed by atoms with Crippen molar-refractivity contribution in [1.29, 1.82) is 0 Å². The van der Waals surface area contributed by atoms with Gasteiger partial charge in [-0.1, -0.05) is 23.7 Å². The number of rotatable bonds is 7. The lowest BCUT2D eigenvalue weighted by Gasteiger charge is -2.13. The highest BCUT2D eigenvalue weighted by Gasteiger charge is 2.20. The lowest BCUT2D eigenvalue weighted by Crippen LogP contribution is -2.11. The maximum absolute atomic E-state index is 14.3. The van der Waals surface area contributed by atoms with Crippen molar-refractivity contribution in [3.05, 3.63) is 70.6 Å². The molecule has 146 valence electrons. The molecule has 0 aliphatic carbocycles. The Kier molecular flexibility index (Phi) is 6.16. The Hall–Kier alpha value is -3.06. The second-order valence-corrected chi connectivity index (χ2v) is 6.32. The summed E-state index contributed by atoms with van der Waals surface area (Å²) in [6.45, 7) is 2.30. The highest BCUT2D eigenvalue weighted by Crippen LogP contribution is 2.26. The number of halogens is 2. The van der Waals surface area contributed by atoms with E-state index in [0.717, 1.165) is 11.3 Å². The number of esters is 1. The van der Waals surface area contributed by atoms with E-state index in [9.17, 15) is 9.18 Å². The molecule has 0 amide bonds. The van der Waals surface area contributed by atoms with Crippen LogP contribution in [0.1, 0.15) is 22.8 Å². The average Bonchev–Trinajstić information content (AvgIpc) is 3.07. The highest BCUT2D eigenvalue weighted by atomic mass is 35.5. The summed E-state index contributed by atoms with van der Waals surface area (Å²) in [6, 6.07) is 11.7. The second-order valence-electron chi connectivity index (χ2n) is 5.88. The van der Waals surface area contributed by atoms with Gasteiger partial charge in [-0.25, -0.2) is 13.9 Å². The Labute approximate surface area is 166 Å². The van der Waals surface area contributed by atoms with Gasteiger partial charge in [0.1, 0.15) is 22.9 Å². The van der Waals surface area contributed by atoms with Crippen LogP contribution in [0.2, 0.25) is 5.02 Å². The zero-order valence-corrected chi connectivity index (χ0v) is 16.2. The molecule has 0 fully saturated rings. The third kappa shape index (κ3) is 4.43. The van der Waals surface area contributed by atoms with Crippen LogP contribution < -0.4 is 10.1 Å². The summed E-state index contributed by atoms with van der Waals surface area (Å²) in [7, 11) is 1.59. The van der Waals surface area contributed by atoms with E-state index < -0.39 is 11.8 Å². The fourth-order valence-electron chi connectivity index (χ4n) is 2.62. The third-order valence-corrected chi connectivity index (χ3v) is 4.25. The van der Waals surface area contributed by atoms with Gasteiger partial charge >= 0.3 is 5.97 Å². The monoisotopic (exact) mass is 403 g/mol. The zero-order chi connectivity index (χ0) is 20.1. The number of methoxy groups -OCH3 is 1. The quantitative estimate of drug-likeness (QED) is 0.581. The molecule has 1 N–H and O–H groups in total. The van der Waals surface area contributed by atoms with Gasteiger partial charge in [0.15, 0.2) is 0 Å². The molecule has 0 aliphatic heterocycles. The number of carbonyl (C=O) groups excluding carboxylic acids is 1. The molecule has 0 radical (unpaired) electrons. The zero-order valence-electron chi connectivity index (χ0n) is 15.4. The predicted octanol–water partition coefficient (Wildman–Crippen LogP) is 4.65. The summed E-state index contributed by atoms with van der Waals surface area (Å²) in [5.41, 5.74) is 1.31. The summed E-state index contributed by atoms with van der Waals surface area (Å²) >= 11 is 5.82. The molecular formula is C20H19ClFN3O3. The standard InChI is InChI=1S/C20H19ClFN3O3/c1-3-28-20(26)16-11-23-25(12-13-4-7-15(27-2)8-5-13)19(16)24-18-9-6-14(21)10-17(18)22/h4-11,24H,3,12H2,1-2H3. The first kappa shape index (κ1) is 19.7. The average molecular weight is 404 g/mol. The molecule has 3 rings (SSSR count). The molecule has 1 aromatic heterocycles. The smallest absolute Gasteiger partial charge is 0.343 e. The normalized spacial score (nSPS) is 10.6. The molecule has 6 nitrogen and oxygen atoms in total. The van der Waals surface area contributed by atoms with Crippen molar-refractivity contribution < 1.29 is 18.7 Å². The number of ether oxygens (including phenoxy) is 2. The molecule has 3 aromatic rings. The van der Waals surface area contributed by atoms with Gasteiger partial charge in [-0.05, 0) is 42.8 Å². The topological polar surface area (TPSA) is 65.4 Å². The number of benzene rings is 2. The lowest BCUT2D eigenvalue weighted by molar-refractivity contribution is 0.0527. The van der Waals surface area contributed by atoms with Gasteiger partial charge in [0.2, 0.25) is 0 Å². The number of hydrogen-bond donors (Lipinski definition) is 1. The summed E-state index contributed by atoms with van der Waals surface area (Å²) < 4.78 is 26.1. The number of carbonyl (C=O) groups is 1. The van der Waals surface area contributed by atoms with E-state index in [-0.39, 0.29) is 22.9 Å². The van der Waals surface area contributed by atoms with Gasteiger partial charge in [-0.2, -0.15) is 5.10 Å². The van der Waals surface area contributed by atoms with Crippen molar-refractivity contribution in [3.8, 4) is 5.75 Å². The highest BCUT2D eigenvalue weighted by molar-refractivity contribution is 6.30. The van der Waals surface area contributed by atoms with Crippen LogP contribution >= 0.6 is 11.6 Å². The summed E-state index contributed by atoms with van der Waals surface area (Å²) in [5.74, 6) is -0.0200. The van der Waals surface area contributed by atoms with Gasteiger partial charge in [-0.3, -0.25) is 0 Å². The van der Waals surface area contributed by atoms with Crippen LogP contribution in [-0.4, -0.2) is 29.5 Å². The predicted molar refractivity (Wildman–Crippen MR) is 105 cm³/mol. The van der Waals surface area contributed by atoms with Crippen LogP contribution in [0.4, 0.5) is 15.9 Å². The summed E-state index contributed by atoms with van der Waals surface area (Å²) in [5, 5.41) is 7.49. The molecule has 0 unspecified atom stereocenters. The van der Waals surface area contributed by atoms with E-state index in [0.29, 0.717) is 12.4 Å². The maximum Gasteiger partial charge on any atom is 0.343 e. The molecule has 8 heteroatoms. The van der Waals surface area contributed by atoms with Gasteiger partial charge in [0, 0.05) is 5.02 Å². The molecule has 0 bridgehead atoms. The van der Waals surface area contributed by atoms with Crippen molar-refractivity contribution >= 4 is 29.1 Å². The minimum atomic E-state index is -0.542. The number of anilines is 2. The number of nitrogens with zero attached hydrogens (tertiary/aromatic N) is 2. The minimum Gasteiger partial charge on any atom is -0.497 e. The van der Waals surface area contributed by atoms with E-state index in [1.165, 1.54) is 18.3 Å². The van der Waals surface area contributed by atoms with Crippen LogP contribution in [0, 0.1) is 5.82 Å². The van der Waals surface area contributed by atoms with Crippen LogP contribution in [0.15, 0.2) is 48.7 Å². The fourth-order valence-corrected chi connectivity index (χ4v) is 2.78. The van der Waals surface area contributed by atoms with E-state index in [1.807, 2.05) is 24.3 Å². The van der Waals surface area contributed by atoms with Crippen molar-refractivity contribution in [3.63, 3.8) is 0 Å². The van der Waals surface area contributed by atoms with Crippen molar-refractivity contribution in [1.82, 2.24) is 9.78 Å². The largest absolute Gasteiger partial charge is 0.497 e. The Balaban J connectivity index is 1.95. The molecule has 0 saturated heterocycles. The second kappa shape index (κ2) is 8.75. The molecule has 28 heavy (non-hydrogen) atoms. The molecule has 0 aliphatic rings. The number of aromatic nitrogens is 2.